The van der Waals surface area contributed by atoms with Crippen molar-refractivity contribution in [3.05, 3.63) is 35.9 Å². The van der Waals surface area contributed by atoms with Crippen LogP contribution in [-0.2, 0) is 16.0 Å². The maximum atomic E-state index is 12.1. The summed E-state index contributed by atoms with van der Waals surface area (Å²) in [4.78, 5) is 16.6. The number of aliphatic imine (C=N–C) groups is 1. The van der Waals surface area contributed by atoms with Crippen molar-refractivity contribution in [3.8, 4) is 0 Å². The van der Waals surface area contributed by atoms with E-state index in [0.717, 1.165) is 39.0 Å². The summed E-state index contributed by atoms with van der Waals surface area (Å²) in [5, 5.41) is 9.58. The Kier molecular flexibility index (Phi) is 12.3. The van der Waals surface area contributed by atoms with E-state index in [4.69, 9.17) is 4.74 Å². The van der Waals surface area contributed by atoms with E-state index < -0.39 is 0 Å². The van der Waals surface area contributed by atoms with Gasteiger partial charge in [-0.1, -0.05) is 51.1 Å². The van der Waals surface area contributed by atoms with Crippen molar-refractivity contribution < 1.29 is 9.53 Å². The molecule has 1 heterocycles. The number of carbonyl (C=O) groups excluding carboxylic acids is 1. The van der Waals surface area contributed by atoms with Gasteiger partial charge < -0.3 is 20.7 Å². The fourth-order valence-corrected chi connectivity index (χ4v) is 3.78. The van der Waals surface area contributed by atoms with Crippen molar-refractivity contribution in [3.63, 3.8) is 0 Å². The Morgan fingerprint density at radius 3 is 2.57 bits per heavy atom. The lowest BCUT2D eigenvalue weighted by atomic mass is 9.78. The van der Waals surface area contributed by atoms with Gasteiger partial charge in [0.2, 0.25) is 5.91 Å². The van der Waals surface area contributed by atoms with Gasteiger partial charge in [-0.3, -0.25) is 4.79 Å². The van der Waals surface area contributed by atoms with E-state index in [9.17, 15) is 4.79 Å². The summed E-state index contributed by atoms with van der Waals surface area (Å²) < 4.78 is 6.06. The minimum absolute atomic E-state index is 0. The first kappa shape index (κ1) is 26.7. The summed E-state index contributed by atoms with van der Waals surface area (Å²) in [5.41, 5.74) is 1.33. The van der Waals surface area contributed by atoms with Gasteiger partial charge in [0.15, 0.2) is 5.96 Å². The van der Waals surface area contributed by atoms with Crippen LogP contribution in [0.3, 0.4) is 0 Å². The summed E-state index contributed by atoms with van der Waals surface area (Å²) in [5.74, 6) is 1.06. The smallest absolute Gasteiger partial charge is 0.241 e. The number of nitrogens with one attached hydrogen (secondary N) is 3. The highest BCUT2D eigenvalue weighted by atomic mass is 127. The highest BCUT2D eigenvalue weighted by Crippen LogP contribution is 2.33. The highest BCUT2D eigenvalue weighted by molar-refractivity contribution is 14.0. The number of rotatable bonds is 8. The van der Waals surface area contributed by atoms with Crippen molar-refractivity contribution >= 4 is 35.8 Å². The molecule has 3 N–H and O–H groups in total. The molecule has 1 aromatic carbocycles. The van der Waals surface area contributed by atoms with Crippen LogP contribution in [0.5, 0.6) is 0 Å². The minimum atomic E-state index is -0.0632. The molecule has 6 nitrogen and oxygen atoms in total. The number of guanidine groups is 1. The van der Waals surface area contributed by atoms with E-state index in [1.165, 1.54) is 5.56 Å². The summed E-state index contributed by atoms with van der Waals surface area (Å²) in [6, 6.07) is 10.2. The van der Waals surface area contributed by atoms with E-state index >= 15 is 0 Å². The number of hydrogen-bond acceptors (Lipinski definition) is 3. The molecule has 1 aliphatic heterocycles. The van der Waals surface area contributed by atoms with E-state index in [2.05, 4.69) is 53.8 Å². The number of amides is 1. The molecular formula is C23H39IN4O2. The molecule has 0 aromatic heterocycles. The summed E-state index contributed by atoms with van der Waals surface area (Å²) in [6.07, 6.45) is 3.29. The first-order valence-corrected chi connectivity index (χ1v) is 10.8. The molecule has 30 heavy (non-hydrogen) atoms. The van der Waals surface area contributed by atoms with E-state index in [1.807, 2.05) is 25.1 Å². The quantitative estimate of drug-likeness (QED) is 0.274. The Morgan fingerprint density at radius 1 is 1.17 bits per heavy atom. The SMILES string of the molecule is CCNC(=NCC(=O)NCCc1ccccc1)NCC1CCCOC1C(C)(C)C.I. The van der Waals surface area contributed by atoms with Crippen LogP contribution in [0.1, 0.15) is 46.1 Å². The monoisotopic (exact) mass is 530 g/mol. The predicted octanol–water partition coefficient (Wildman–Crippen LogP) is 3.36. The van der Waals surface area contributed by atoms with Gasteiger partial charge in [-0.2, -0.15) is 0 Å². The zero-order valence-electron chi connectivity index (χ0n) is 18.9. The molecule has 0 bridgehead atoms. The van der Waals surface area contributed by atoms with Crippen molar-refractivity contribution in [2.75, 3.05) is 32.8 Å². The normalized spacial score (nSPS) is 19.5. The van der Waals surface area contributed by atoms with Crippen molar-refractivity contribution in [1.29, 1.82) is 0 Å². The minimum Gasteiger partial charge on any atom is -0.377 e. The molecule has 0 radical (unpaired) electrons. The highest BCUT2D eigenvalue weighted by Gasteiger charge is 2.35. The average Bonchev–Trinajstić information content (AvgIpc) is 2.70. The maximum Gasteiger partial charge on any atom is 0.241 e. The second-order valence-corrected chi connectivity index (χ2v) is 8.72. The Labute approximate surface area is 199 Å². The van der Waals surface area contributed by atoms with Crippen molar-refractivity contribution in [1.82, 2.24) is 16.0 Å². The van der Waals surface area contributed by atoms with Crippen LogP contribution >= 0.6 is 24.0 Å². The molecule has 170 valence electrons. The van der Waals surface area contributed by atoms with Crippen LogP contribution in [0.4, 0.5) is 0 Å². The lowest BCUT2D eigenvalue weighted by molar-refractivity contribution is -0.119. The summed E-state index contributed by atoms with van der Waals surface area (Å²) in [6.45, 7) is 11.9. The van der Waals surface area contributed by atoms with Gasteiger partial charge in [-0.15, -0.1) is 24.0 Å². The molecule has 0 aliphatic carbocycles. The topological polar surface area (TPSA) is 74.8 Å². The summed E-state index contributed by atoms with van der Waals surface area (Å²) in [7, 11) is 0. The molecular weight excluding hydrogens is 491 g/mol. The van der Waals surface area contributed by atoms with Gasteiger partial charge >= 0.3 is 0 Å². The standard InChI is InChI=1S/C23H38N4O2.HI/c1-5-24-22(26-16-19-12-9-15-29-21(19)23(2,3)4)27-17-20(28)25-14-13-18-10-7-6-8-11-18;/h6-8,10-11,19,21H,5,9,12-17H2,1-4H3,(H,25,28)(H2,24,26,27);1H. The molecule has 1 aromatic rings. The number of carbonyl (C=O) groups is 1. The Balaban J connectivity index is 0.00000450. The van der Waals surface area contributed by atoms with E-state index in [1.54, 1.807) is 0 Å². The zero-order chi connectivity index (χ0) is 21.1. The van der Waals surface area contributed by atoms with Crippen molar-refractivity contribution in [2.24, 2.45) is 16.3 Å². The van der Waals surface area contributed by atoms with Gasteiger partial charge in [0.1, 0.15) is 6.54 Å². The second kappa shape index (κ2) is 13.9. The number of benzene rings is 1. The van der Waals surface area contributed by atoms with Gasteiger partial charge in [-0.05, 0) is 37.2 Å². The zero-order valence-corrected chi connectivity index (χ0v) is 21.2. The van der Waals surface area contributed by atoms with Crippen LogP contribution in [-0.4, -0.2) is 50.8 Å². The van der Waals surface area contributed by atoms with Gasteiger partial charge in [0.05, 0.1) is 6.10 Å². The number of ether oxygens (including phenoxy) is 1. The molecule has 1 saturated heterocycles. The second-order valence-electron chi connectivity index (χ2n) is 8.72. The summed E-state index contributed by atoms with van der Waals surface area (Å²) >= 11 is 0. The number of hydrogen-bond donors (Lipinski definition) is 3. The van der Waals surface area contributed by atoms with Gasteiger partial charge in [0.25, 0.3) is 0 Å². The molecule has 0 spiro atoms. The van der Waals surface area contributed by atoms with Crippen LogP contribution in [0, 0.1) is 11.3 Å². The predicted molar refractivity (Wildman–Crippen MR) is 134 cm³/mol. The van der Waals surface area contributed by atoms with E-state index in [0.29, 0.717) is 18.4 Å². The Hall–Kier alpha value is -1.35. The third kappa shape index (κ3) is 9.64. The molecule has 2 atom stereocenters. The van der Waals surface area contributed by atoms with Crippen LogP contribution in [0.15, 0.2) is 35.3 Å². The van der Waals surface area contributed by atoms with Crippen LogP contribution in [0.2, 0.25) is 0 Å². The number of halogens is 1. The lowest BCUT2D eigenvalue weighted by Crippen LogP contribution is -2.47. The largest absolute Gasteiger partial charge is 0.377 e. The van der Waals surface area contributed by atoms with Gasteiger partial charge in [0, 0.05) is 32.2 Å². The van der Waals surface area contributed by atoms with Gasteiger partial charge in [-0.25, -0.2) is 4.99 Å². The third-order valence-corrected chi connectivity index (χ3v) is 5.13. The first-order chi connectivity index (χ1) is 13.9. The van der Waals surface area contributed by atoms with E-state index in [-0.39, 0.29) is 47.9 Å². The van der Waals surface area contributed by atoms with Crippen LogP contribution < -0.4 is 16.0 Å². The Bertz CT molecular complexity index is 646. The molecule has 0 saturated carbocycles. The molecule has 1 aliphatic rings. The molecule has 2 rings (SSSR count). The number of nitrogens with zero attached hydrogens (tertiary/aromatic N) is 1. The first-order valence-electron chi connectivity index (χ1n) is 10.8. The average molecular weight is 530 g/mol. The molecule has 1 amide bonds. The Morgan fingerprint density at radius 2 is 1.90 bits per heavy atom. The molecule has 7 heteroatoms. The maximum absolute atomic E-state index is 12.1. The lowest BCUT2D eigenvalue weighted by Gasteiger charge is -2.40. The van der Waals surface area contributed by atoms with Crippen LogP contribution in [0.25, 0.3) is 0 Å². The molecule has 2 unspecified atom stereocenters. The fraction of sp³-hybridized carbons (Fsp3) is 0.652. The fourth-order valence-electron chi connectivity index (χ4n) is 3.78. The third-order valence-electron chi connectivity index (χ3n) is 5.13. The van der Waals surface area contributed by atoms with Crippen molar-refractivity contribution in [2.45, 2.75) is 53.1 Å². The molecule has 1 fully saturated rings.